The molecule has 3 aromatic rings. The average molecular weight is 636 g/mol. The van der Waals surface area contributed by atoms with E-state index in [4.69, 9.17) is 9.47 Å². The molecule has 0 aliphatic carbocycles. The Bertz CT molecular complexity index is 1640. The van der Waals surface area contributed by atoms with Crippen molar-refractivity contribution in [2.75, 3.05) is 26.0 Å². The first-order chi connectivity index (χ1) is 21.6. The van der Waals surface area contributed by atoms with Gasteiger partial charge < -0.3 is 25.2 Å². The summed E-state index contributed by atoms with van der Waals surface area (Å²) < 4.78 is 36.3. The first kappa shape index (κ1) is 31.1. The van der Waals surface area contributed by atoms with Gasteiger partial charge >= 0.3 is 0 Å². The van der Waals surface area contributed by atoms with Crippen molar-refractivity contribution in [3.8, 4) is 16.9 Å². The zero-order valence-corrected chi connectivity index (χ0v) is 25.8. The van der Waals surface area contributed by atoms with Crippen molar-refractivity contribution in [1.29, 1.82) is 0 Å². The smallest absolute Gasteiger partial charge is 0.255 e. The van der Waals surface area contributed by atoms with Crippen LogP contribution in [-0.4, -0.2) is 96.6 Å². The molecule has 2 aromatic carbocycles. The molecule has 5 atom stereocenters. The summed E-state index contributed by atoms with van der Waals surface area (Å²) in [5.74, 6) is -0.117. The number of nitrogens with one attached hydrogen (secondary N) is 2. The van der Waals surface area contributed by atoms with E-state index >= 15 is 0 Å². The number of hydrogen-bond acceptors (Lipinski definition) is 10. The molecule has 2 amide bonds. The number of nitrogens with zero attached hydrogens (tertiary/aromatic N) is 3. The molecule has 238 valence electrons. The molecule has 0 spiro atoms. The number of benzene rings is 2. The van der Waals surface area contributed by atoms with Gasteiger partial charge in [0.05, 0.1) is 35.3 Å². The molecular formula is C32H37N5O7S. The Morgan fingerprint density at radius 2 is 1.78 bits per heavy atom. The van der Waals surface area contributed by atoms with E-state index < -0.39 is 28.1 Å². The molecule has 4 bridgehead atoms. The van der Waals surface area contributed by atoms with Gasteiger partial charge in [-0.05, 0) is 54.7 Å². The van der Waals surface area contributed by atoms with Crippen LogP contribution < -0.4 is 15.4 Å². The Hall–Kier alpha value is -3.91. The summed E-state index contributed by atoms with van der Waals surface area (Å²) in [5, 5.41) is 16.7. The van der Waals surface area contributed by atoms with Gasteiger partial charge in [-0.15, -0.1) is 0 Å². The molecule has 13 heteroatoms. The Balaban J connectivity index is 1.29. The van der Waals surface area contributed by atoms with Crippen molar-refractivity contribution in [2.24, 2.45) is 0 Å². The topological polar surface area (TPSA) is 160 Å². The minimum Gasteiger partial charge on any atom is -0.493 e. The summed E-state index contributed by atoms with van der Waals surface area (Å²) >= 11 is 0. The van der Waals surface area contributed by atoms with Gasteiger partial charge in [0, 0.05) is 56.3 Å². The molecule has 2 saturated heterocycles. The van der Waals surface area contributed by atoms with Crippen LogP contribution in [0, 0.1) is 0 Å². The second-order valence-corrected chi connectivity index (χ2v) is 13.9. The molecule has 45 heavy (non-hydrogen) atoms. The third-order valence-corrected chi connectivity index (χ3v) is 9.77. The zero-order valence-electron chi connectivity index (χ0n) is 25.0. The highest BCUT2D eigenvalue weighted by Gasteiger charge is 2.39. The van der Waals surface area contributed by atoms with E-state index in [0.717, 1.165) is 22.9 Å². The monoisotopic (exact) mass is 635 g/mol. The molecule has 12 nitrogen and oxygen atoms in total. The minimum atomic E-state index is -3.34. The largest absolute Gasteiger partial charge is 0.493 e. The first-order valence-electron chi connectivity index (χ1n) is 15.1. The Morgan fingerprint density at radius 1 is 1.02 bits per heavy atom. The second-order valence-electron chi connectivity index (χ2n) is 11.9. The van der Waals surface area contributed by atoms with Crippen molar-refractivity contribution in [2.45, 2.75) is 67.5 Å². The quantitative estimate of drug-likeness (QED) is 0.385. The summed E-state index contributed by atoms with van der Waals surface area (Å²) in [7, 11) is -3.34. The fourth-order valence-electron chi connectivity index (χ4n) is 6.23. The number of sulfone groups is 1. The van der Waals surface area contributed by atoms with Gasteiger partial charge in [-0.1, -0.05) is 18.2 Å². The van der Waals surface area contributed by atoms with E-state index in [9.17, 15) is 23.1 Å². The van der Waals surface area contributed by atoms with E-state index in [2.05, 4.69) is 20.6 Å². The Labute approximate surface area is 262 Å². The highest BCUT2D eigenvalue weighted by molar-refractivity contribution is 7.90. The molecule has 0 unspecified atom stereocenters. The van der Waals surface area contributed by atoms with E-state index in [1.54, 1.807) is 54.9 Å². The molecule has 3 aliphatic heterocycles. The van der Waals surface area contributed by atoms with Crippen LogP contribution in [0.3, 0.4) is 0 Å². The predicted octanol–water partition coefficient (Wildman–Crippen LogP) is 1.73. The van der Waals surface area contributed by atoms with Gasteiger partial charge in [-0.2, -0.15) is 0 Å². The summed E-state index contributed by atoms with van der Waals surface area (Å²) in [5.41, 5.74) is 2.74. The van der Waals surface area contributed by atoms with Crippen molar-refractivity contribution >= 4 is 21.7 Å². The molecule has 2 fully saturated rings. The van der Waals surface area contributed by atoms with Crippen LogP contribution in [0.25, 0.3) is 11.1 Å². The number of carbonyl (C=O) groups is 2. The zero-order chi connectivity index (χ0) is 31.6. The van der Waals surface area contributed by atoms with Crippen molar-refractivity contribution in [3.63, 3.8) is 0 Å². The van der Waals surface area contributed by atoms with E-state index in [1.165, 1.54) is 6.33 Å². The molecule has 1 aromatic heterocycles. The summed E-state index contributed by atoms with van der Waals surface area (Å²) in [4.78, 5) is 37.6. The van der Waals surface area contributed by atoms with Crippen LogP contribution in [0.4, 0.5) is 0 Å². The second kappa shape index (κ2) is 13.2. The summed E-state index contributed by atoms with van der Waals surface area (Å²) in [6.45, 7) is 1.31. The fraction of sp³-hybridized carbons (Fsp3) is 0.438. The van der Waals surface area contributed by atoms with Crippen LogP contribution in [0.5, 0.6) is 5.75 Å². The number of amides is 2. The number of aliphatic hydroxyl groups is 1. The molecule has 6 rings (SSSR count). The van der Waals surface area contributed by atoms with Crippen LogP contribution in [0.15, 0.2) is 66.1 Å². The predicted molar refractivity (Wildman–Crippen MR) is 164 cm³/mol. The van der Waals surface area contributed by atoms with Crippen molar-refractivity contribution in [1.82, 2.24) is 25.5 Å². The third-order valence-electron chi connectivity index (χ3n) is 8.64. The van der Waals surface area contributed by atoms with Gasteiger partial charge in [0.2, 0.25) is 5.91 Å². The van der Waals surface area contributed by atoms with Crippen LogP contribution in [-0.2, 0) is 25.9 Å². The van der Waals surface area contributed by atoms with Crippen molar-refractivity contribution < 1.29 is 32.6 Å². The Morgan fingerprint density at radius 3 is 2.53 bits per heavy atom. The van der Waals surface area contributed by atoms with Gasteiger partial charge in [-0.3, -0.25) is 14.5 Å². The highest BCUT2D eigenvalue weighted by Crippen LogP contribution is 2.30. The summed E-state index contributed by atoms with van der Waals surface area (Å²) in [6, 6.07) is 11.0. The number of aromatic nitrogens is 2. The van der Waals surface area contributed by atoms with Gasteiger partial charge in [-0.25, -0.2) is 18.4 Å². The van der Waals surface area contributed by atoms with Crippen LogP contribution >= 0.6 is 0 Å². The fourth-order valence-corrected chi connectivity index (χ4v) is 6.86. The third kappa shape index (κ3) is 7.33. The van der Waals surface area contributed by atoms with Crippen LogP contribution in [0.2, 0.25) is 0 Å². The number of aliphatic hydroxyl groups excluding tert-OH is 1. The van der Waals surface area contributed by atoms with E-state index in [0.29, 0.717) is 50.1 Å². The SMILES string of the molecule is CS(=O)(=O)c1ccc(-c2ccc3c(c2)OCC[C@@H]2CC[C@H](O)[C@@H](CNC(=O)[C@@H]4C[C@@H](CN4Cc4cncnc4)NC3=O)O2)cc1. The lowest BCUT2D eigenvalue weighted by Crippen LogP contribution is -2.50. The van der Waals surface area contributed by atoms with Gasteiger partial charge in [0.25, 0.3) is 5.91 Å². The lowest BCUT2D eigenvalue weighted by Gasteiger charge is -2.34. The number of fused-ring (bicyclic) bond motifs is 5. The average Bonchev–Trinajstić information content (AvgIpc) is 3.42. The number of rotatable bonds is 4. The van der Waals surface area contributed by atoms with E-state index in [-0.39, 0.29) is 42.0 Å². The number of hydrogen-bond donors (Lipinski definition) is 3. The molecular weight excluding hydrogens is 598 g/mol. The number of ether oxygens (including phenoxy) is 2. The standard InChI is InChI=1S/C32H37N5O7S/c1-45(41,42)25-6-2-21(3-7-25)22-4-8-26-29(12-22)43-11-10-24-5-9-28(38)30(44-24)16-35-32(40)27-13-23(36-31(26)39)18-37(27)17-20-14-33-19-34-15-20/h2-4,6-8,12,14-15,19,23-24,27-28,30,38H,5,9-11,13,16-18H2,1H3,(H,35,40)(H,36,39)/t23-,24-,27-,28-,30+/m0/s1. The molecule has 3 aliphatic rings. The normalized spacial score (nSPS) is 26.3. The van der Waals surface area contributed by atoms with Crippen LogP contribution in [0.1, 0.15) is 41.6 Å². The molecule has 0 saturated carbocycles. The maximum Gasteiger partial charge on any atom is 0.255 e. The molecule has 4 heterocycles. The van der Waals surface area contributed by atoms with Crippen molar-refractivity contribution in [3.05, 3.63) is 72.3 Å². The minimum absolute atomic E-state index is 0.178. The first-order valence-corrected chi connectivity index (χ1v) is 17.0. The lowest BCUT2D eigenvalue weighted by molar-refractivity contribution is -0.133. The lowest BCUT2D eigenvalue weighted by atomic mass is 9.99. The summed E-state index contributed by atoms with van der Waals surface area (Å²) in [6.07, 6.45) is 6.73. The number of carbonyl (C=O) groups excluding carboxylic acids is 2. The maximum absolute atomic E-state index is 13.7. The Kier molecular flexibility index (Phi) is 9.13. The number of likely N-dealkylation sites (tertiary alicyclic amines) is 1. The van der Waals surface area contributed by atoms with Gasteiger partial charge in [0.15, 0.2) is 9.84 Å². The maximum atomic E-state index is 13.7. The van der Waals surface area contributed by atoms with E-state index in [1.807, 2.05) is 4.90 Å². The molecule has 0 radical (unpaired) electrons. The van der Waals surface area contributed by atoms with Gasteiger partial charge in [0.1, 0.15) is 18.2 Å². The highest BCUT2D eigenvalue weighted by atomic mass is 32.2. The molecule has 3 N–H and O–H groups in total.